The van der Waals surface area contributed by atoms with E-state index in [9.17, 15) is 4.79 Å². The minimum Gasteiger partial charge on any atom is -0.480 e. The number of carbonyl (C=O) groups is 1. The summed E-state index contributed by atoms with van der Waals surface area (Å²) in [5.41, 5.74) is 2.89. The largest absolute Gasteiger partial charge is 0.480 e. The van der Waals surface area contributed by atoms with Gasteiger partial charge >= 0.3 is 0 Å². The van der Waals surface area contributed by atoms with E-state index in [0.717, 1.165) is 5.56 Å². The highest BCUT2D eigenvalue weighted by atomic mass is 16.5. The van der Waals surface area contributed by atoms with Gasteiger partial charge < -0.3 is 10.1 Å². The van der Waals surface area contributed by atoms with Gasteiger partial charge in [0, 0.05) is 22.9 Å². The number of ether oxygens (including phenoxy) is 1. The second-order valence-corrected chi connectivity index (χ2v) is 4.86. The molecule has 0 bridgehead atoms. The van der Waals surface area contributed by atoms with E-state index < -0.39 is 0 Å². The molecule has 1 amide bonds. The molecular weight excluding hydrogens is 290 g/mol. The van der Waals surface area contributed by atoms with Crippen molar-refractivity contribution in [1.29, 1.82) is 0 Å². The van der Waals surface area contributed by atoms with Crippen molar-refractivity contribution >= 4 is 11.6 Å². The second-order valence-electron chi connectivity index (χ2n) is 4.86. The number of hydrogen-bond acceptors (Lipinski definition) is 4. The van der Waals surface area contributed by atoms with Crippen molar-refractivity contribution in [3.63, 3.8) is 0 Å². The SMILES string of the molecule is COc1ccc(-c2cccc(NC(=O)c3ccccc3)c2)nn1. The van der Waals surface area contributed by atoms with Gasteiger partial charge in [-0.15, -0.1) is 10.2 Å². The van der Waals surface area contributed by atoms with Gasteiger partial charge in [0.05, 0.1) is 12.8 Å². The summed E-state index contributed by atoms with van der Waals surface area (Å²) in [5.74, 6) is 0.311. The van der Waals surface area contributed by atoms with Crippen LogP contribution in [0.5, 0.6) is 5.88 Å². The molecule has 5 heteroatoms. The molecule has 0 fully saturated rings. The van der Waals surface area contributed by atoms with Crippen molar-refractivity contribution < 1.29 is 9.53 Å². The monoisotopic (exact) mass is 305 g/mol. The van der Waals surface area contributed by atoms with Crippen LogP contribution in [0.3, 0.4) is 0 Å². The van der Waals surface area contributed by atoms with E-state index >= 15 is 0 Å². The topological polar surface area (TPSA) is 64.1 Å². The lowest BCUT2D eigenvalue weighted by molar-refractivity contribution is 0.102. The zero-order chi connectivity index (χ0) is 16.1. The van der Waals surface area contributed by atoms with Gasteiger partial charge in [0.15, 0.2) is 0 Å². The Kier molecular flexibility index (Phi) is 4.29. The van der Waals surface area contributed by atoms with E-state index in [2.05, 4.69) is 15.5 Å². The highest BCUT2D eigenvalue weighted by Gasteiger charge is 2.07. The van der Waals surface area contributed by atoms with Gasteiger partial charge in [0.2, 0.25) is 5.88 Å². The molecule has 23 heavy (non-hydrogen) atoms. The lowest BCUT2D eigenvalue weighted by Gasteiger charge is -2.07. The molecule has 1 N–H and O–H groups in total. The van der Waals surface area contributed by atoms with Crippen LogP contribution in [-0.4, -0.2) is 23.2 Å². The smallest absolute Gasteiger partial charge is 0.255 e. The Hall–Kier alpha value is -3.21. The molecule has 0 aliphatic rings. The van der Waals surface area contributed by atoms with Gasteiger partial charge in [0.25, 0.3) is 5.91 Å². The number of methoxy groups -OCH3 is 1. The number of nitrogens with zero attached hydrogens (tertiary/aromatic N) is 2. The van der Waals surface area contributed by atoms with Gasteiger partial charge in [-0.05, 0) is 30.3 Å². The third kappa shape index (κ3) is 3.52. The first kappa shape index (κ1) is 14.7. The first-order valence-electron chi connectivity index (χ1n) is 7.11. The van der Waals surface area contributed by atoms with Crippen LogP contribution in [0, 0.1) is 0 Å². The van der Waals surface area contributed by atoms with E-state index in [4.69, 9.17) is 4.74 Å². The highest BCUT2D eigenvalue weighted by molar-refractivity contribution is 6.04. The molecule has 0 aliphatic carbocycles. The Bertz CT molecular complexity index is 802. The quantitative estimate of drug-likeness (QED) is 0.802. The summed E-state index contributed by atoms with van der Waals surface area (Å²) in [7, 11) is 1.55. The number of hydrogen-bond donors (Lipinski definition) is 1. The average molecular weight is 305 g/mol. The Morgan fingerprint density at radius 1 is 0.957 bits per heavy atom. The van der Waals surface area contributed by atoms with Crippen molar-refractivity contribution in [1.82, 2.24) is 10.2 Å². The van der Waals surface area contributed by atoms with Gasteiger partial charge in [-0.25, -0.2) is 0 Å². The van der Waals surface area contributed by atoms with Crippen LogP contribution in [-0.2, 0) is 0 Å². The van der Waals surface area contributed by atoms with Gasteiger partial charge in [-0.2, -0.15) is 0 Å². The number of aromatic nitrogens is 2. The normalized spacial score (nSPS) is 10.1. The molecule has 114 valence electrons. The van der Waals surface area contributed by atoms with Crippen molar-refractivity contribution in [3.8, 4) is 17.1 Å². The lowest BCUT2D eigenvalue weighted by atomic mass is 10.1. The zero-order valence-electron chi connectivity index (χ0n) is 12.6. The van der Waals surface area contributed by atoms with Crippen molar-refractivity contribution in [2.45, 2.75) is 0 Å². The van der Waals surface area contributed by atoms with Gasteiger partial charge in [-0.1, -0.05) is 30.3 Å². The third-order valence-corrected chi connectivity index (χ3v) is 3.30. The first-order valence-corrected chi connectivity index (χ1v) is 7.11. The van der Waals surface area contributed by atoms with Crippen LogP contribution in [0.4, 0.5) is 5.69 Å². The Morgan fingerprint density at radius 3 is 2.48 bits per heavy atom. The van der Waals surface area contributed by atoms with E-state index in [1.807, 2.05) is 48.5 Å². The Balaban J connectivity index is 1.80. The molecule has 5 nitrogen and oxygen atoms in total. The molecule has 0 spiro atoms. The first-order chi connectivity index (χ1) is 11.3. The lowest BCUT2D eigenvalue weighted by Crippen LogP contribution is -2.11. The van der Waals surface area contributed by atoms with Crippen molar-refractivity contribution in [3.05, 3.63) is 72.3 Å². The van der Waals surface area contributed by atoms with Crippen LogP contribution in [0.2, 0.25) is 0 Å². The number of anilines is 1. The minimum absolute atomic E-state index is 0.149. The fourth-order valence-electron chi connectivity index (χ4n) is 2.13. The predicted octanol–water partition coefficient (Wildman–Crippen LogP) is 3.40. The molecule has 1 aromatic heterocycles. The number of amides is 1. The summed E-state index contributed by atoms with van der Waals surface area (Å²) >= 11 is 0. The van der Waals surface area contributed by atoms with Crippen molar-refractivity contribution in [2.75, 3.05) is 12.4 Å². The minimum atomic E-state index is -0.149. The number of rotatable bonds is 4. The number of carbonyl (C=O) groups excluding carboxylic acids is 1. The van der Waals surface area contributed by atoms with Crippen molar-refractivity contribution in [2.24, 2.45) is 0 Å². The molecule has 2 aromatic carbocycles. The summed E-state index contributed by atoms with van der Waals surface area (Å²) in [4.78, 5) is 12.2. The summed E-state index contributed by atoms with van der Waals surface area (Å²) in [5, 5.41) is 10.9. The fourth-order valence-corrected chi connectivity index (χ4v) is 2.13. The van der Waals surface area contributed by atoms with Crippen LogP contribution in [0.1, 0.15) is 10.4 Å². The van der Waals surface area contributed by atoms with E-state index in [-0.39, 0.29) is 5.91 Å². The van der Waals surface area contributed by atoms with Crippen LogP contribution in [0.25, 0.3) is 11.3 Å². The molecule has 0 saturated carbocycles. The molecule has 3 rings (SSSR count). The third-order valence-electron chi connectivity index (χ3n) is 3.30. The summed E-state index contributed by atoms with van der Waals surface area (Å²) in [6.07, 6.45) is 0. The standard InChI is InChI=1S/C18H15N3O2/c1-23-17-11-10-16(20-21-17)14-8-5-9-15(12-14)19-18(22)13-6-3-2-4-7-13/h2-12H,1H3,(H,19,22). The molecular formula is C18H15N3O2. The summed E-state index contributed by atoms with van der Waals surface area (Å²) in [6.45, 7) is 0. The summed E-state index contributed by atoms with van der Waals surface area (Å²) < 4.78 is 5.00. The maximum Gasteiger partial charge on any atom is 0.255 e. The maximum atomic E-state index is 12.2. The van der Waals surface area contributed by atoms with Gasteiger partial charge in [-0.3, -0.25) is 4.79 Å². The molecule has 0 unspecified atom stereocenters. The van der Waals surface area contributed by atoms with E-state index in [1.165, 1.54) is 0 Å². The highest BCUT2D eigenvalue weighted by Crippen LogP contribution is 2.21. The van der Waals surface area contributed by atoms with Crippen LogP contribution < -0.4 is 10.1 Å². The maximum absolute atomic E-state index is 12.2. The van der Waals surface area contributed by atoms with Gasteiger partial charge in [0.1, 0.15) is 0 Å². The van der Waals surface area contributed by atoms with E-state index in [1.54, 1.807) is 25.3 Å². The fraction of sp³-hybridized carbons (Fsp3) is 0.0556. The Labute approximate surface area is 134 Å². The molecule has 0 saturated heterocycles. The van der Waals surface area contributed by atoms with Crippen LogP contribution >= 0.6 is 0 Å². The molecule has 0 atom stereocenters. The molecule has 3 aromatic rings. The molecule has 0 aliphatic heterocycles. The average Bonchev–Trinajstić information content (AvgIpc) is 2.63. The second kappa shape index (κ2) is 6.70. The zero-order valence-corrected chi connectivity index (χ0v) is 12.6. The molecule has 0 radical (unpaired) electrons. The number of nitrogens with one attached hydrogen (secondary N) is 1. The van der Waals surface area contributed by atoms with E-state index in [0.29, 0.717) is 22.8 Å². The summed E-state index contributed by atoms with van der Waals surface area (Å²) in [6, 6.07) is 20.1. The molecule has 1 heterocycles. The number of benzene rings is 2. The van der Waals surface area contributed by atoms with Crippen LogP contribution in [0.15, 0.2) is 66.7 Å². The Morgan fingerprint density at radius 2 is 1.78 bits per heavy atom. The predicted molar refractivity (Wildman–Crippen MR) is 88.4 cm³/mol.